The smallest absolute Gasteiger partial charge is 0.323 e. The normalized spacial score (nSPS) is 15.3. The molecule has 25 heavy (non-hydrogen) atoms. The lowest BCUT2D eigenvalue weighted by atomic mass is 10.1. The van der Waals surface area contributed by atoms with Crippen molar-refractivity contribution in [3.8, 4) is 5.75 Å². The highest BCUT2D eigenvalue weighted by atomic mass is 19.1. The number of carbonyl (C=O) groups excluding carboxylic acids is 1. The molecule has 3 rings (SSSR count). The monoisotopic (exact) mass is 350 g/mol. The first-order valence-electron chi connectivity index (χ1n) is 8.10. The number of amides is 2. The highest BCUT2D eigenvalue weighted by Gasteiger charge is 2.25. The van der Waals surface area contributed by atoms with Crippen molar-refractivity contribution in [1.29, 1.82) is 0 Å². The summed E-state index contributed by atoms with van der Waals surface area (Å²) in [6.45, 7) is 2.85. The molecule has 0 atom stereocenters. The number of nitrogens with one attached hydrogen (secondary N) is 1. The standard InChI is InChI=1S/C17H20F2N4O2/c1-11-9-16(22(2)21-11)20-17(24)23-7-5-13(6-8-23)25-15-4-3-12(18)10-14(15)19/h3-4,9-10,13H,5-8H2,1-2H3,(H,20,24). The second-order valence-electron chi connectivity index (χ2n) is 6.10. The molecular formula is C17H20F2N4O2. The summed E-state index contributed by atoms with van der Waals surface area (Å²) in [5.74, 6) is -0.683. The highest BCUT2D eigenvalue weighted by Crippen LogP contribution is 2.23. The Hall–Kier alpha value is -2.64. The van der Waals surface area contributed by atoms with Gasteiger partial charge in [-0.15, -0.1) is 0 Å². The molecular weight excluding hydrogens is 330 g/mol. The van der Waals surface area contributed by atoms with Gasteiger partial charge in [0.1, 0.15) is 17.7 Å². The van der Waals surface area contributed by atoms with Crippen LogP contribution in [0.25, 0.3) is 0 Å². The molecule has 1 aliphatic rings. The molecule has 0 saturated carbocycles. The van der Waals surface area contributed by atoms with Crippen molar-refractivity contribution in [2.75, 3.05) is 18.4 Å². The largest absolute Gasteiger partial charge is 0.487 e. The fraction of sp³-hybridized carbons (Fsp3) is 0.412. The Balaban J connectivity index is 1.53. The molecule has 0 bridgehead atoms. The van der Waals surface area contributed by atoms with E-state index in [1.54, 1.807) is 22.7 Å². The SMILES string of the molecule is Cc1cc(NC(=O)N2CCC(Oc3ccc(F)cc3F)CC2)n(C)n1. The van der Waals surface area contributed by atoms with Crippen LogP contribution in [0.2, 0.25) is 0 Å². The van der Waals surface area contributed by atoms with Gasteiger partial charge in [-0.05, 0) is 19.1 Å². The number of anilines is 1. The Bertz CT molecular complexity index is 770. The number of benzene rings is 1. The first kappa shape index (κ1) is 17.2. The number of rotatable bonds is 3. The number of carbonyl (C=O) groups is 1. The minimum atomic E-state index is -0.716. The number of piperidine rings is 1. The summed E-state index contributed by atoms with van der Waals surface area (Å²) in [6.07, 6.45) is 0.950. The molecule has 6 nitrogen and oxygen atoms in total. The average molecular weight is 350 g/mol. The van der Waals surface area contributed by atoms with E-state index in [2.05, 4.69) is 10.4 Å². The van der Waals surface area contributed by atoms with E-state index in [0.29, 0.717) is 31.7 Å². The third kappa shape index (κ3) is 4.07. The van der Waals surface area contributed by atoms with Gasteiger partial charge >= 0.3 is 6.03 Å². The van der Waals surface area contributed by atoms with Gasteiger partial charge in [0.15, 0.2) is 11.6 Å². The molecule has 2 heterocycles. The quantitative estimate of drug-likeness (QED) is 0.925. The molecule has 2 amide bonds. The van der Waals surface area contributed by atoms with Crippen LogP contribution in [0.3, 0.4) is 0 Å². The average Bonchev–Trinajstić information content (AvgIpc) is 2.88. The molecule has 0 spiro atoms. The number of hydrogen-bond acceptors (Lipinski definition) is 3. The molecule has 0 aliphatic carbocycles. The Labute approximate surface area is 144 Å². The summed E-state index contributed by atoms with van der Waals surface area (Å²) in [7, 11) is 1.76. The van der Waals surface area contributed by atoms with Gasteiger partial charge in [-0.3, -0.25) is 10.00 Å². The van der Waals surface area contributed by atoms with Crippen molar-refractivity contribution in [2.45, 2.75) is 25.9 Å². The van der Waals surface area contributed by atoms with Crippen LogP contribution in [0.5, 0.6) is 5.75 Å². The first-order chi connectivity index (χ1) is 11.9. The predicted octanol–water partition coefficient (Wildman–Crippen LogP) is 3.08. The molecule has 1 aromatic heterocycles. The van der Waals surface area contributed by atoms with Crippen molar-refractivity contribution in [3.05, 3.63) is 41.6 Å². The molecule has 1 saturated heterocycles. The Kier molecular flexibility index (Phi) is 4.87. The number of aryl methyl sites for hydroxylation is 2. The van der Waals surface area contributed by atoms with Gasteiger partial charge in [0.25, 0.3) is 0 Å². The summed E-state index contributed by atoms with van der Waals surface area (Å²) in [5.41, 5.74) is 0.825. The van der Waals surface area contributed by atoms with E-state index in [9.17, 15) is 13.6 Å². The molecule has 134 valence electrons. The van der Waals surface area contributed by atoms with Crippen LogP contribution in [0.4, 0.5) is 19.4 Å². The van der Waals surface area contributed by atoms with E-state index in [4.69, 9.17) is 4.74 Å². The fourth-order valence-corrected chi connectivity index (χ4v) is 2.84. The summed E-state index contributed by atoms with van der Waals surface area (Å²) >= 11 is 0. The fourth-order valence-electron chi connectivity index (χ4n) is 2.84. The summed E-state index contributed by atoms with van der Waals surface area (Å²) in [4.78, 5) is 14.0. The molecule has 1 aromatic carbocycles. The highest BCUT2D eigenvalue weighted by molar-refractivity contribution is 5.88. The zero-order chi connectivity index (χ0) is 18.0. The van der Waals surface area contributed by atoms with Crippen molar-refractivity contribution >= 4 is 11.8 Å². The molecule has 1 aliphatic heterocycles. The van der Waals surface area contributed by atoms with E-state index in [1.807, 2.05) is 6.92 Å². The second kappa shape index (κ2) is 7.08. The molecule has 8 heteroatoms. The van der Waals surface area contributed by atoms with Crippen molar-refractivity contribution in [1.82, 2.24) is 14.7 Å². The molecule has 1 N–H and O–H groups in total. The number of aromatic nitrogens is 2. The summed E-state index contributed by atoms with van der Waals surface area (Å²) in [5, 5.41) is 7.01. The maximum atomic E-state index is 13.6. The van der Waals surface area contributed by atoms with E-state index >= 15 is 0 Å². The van der Waals surface area contributed by atoms with Crippen LogP contribution in [0.15, 0.2) is 24.3 Å². The lowest BCUT2D eigenvalue weighted by Gasteiger charge is -2.32. The Morgan fingerprint density at radius 3 is 2.60 bits per heavy atom. The molecule has 0 radical (unpaired) electrons. The number of urea groups is 1. The van der Waals surface area contributed by atoms with E-state index in [0.717, 1.165) is 17.8 Å². The minimum absolute atomic E-state index is 0.0367. The van der Waals surface area contributed by atoms with Gasteiger partial charge in [-0.1, -0.05) is 0 Å². The van der Waals surface area contributed by atoms with E-state index < -0.39 is 11.6 Å². The number of nitrogens with zero attached hydrogens (tertiary/aromatic N) is 3. The maximum absolute atomic E-state index is 13.6. The first-order valence-corrected chi connectivity index (χ1v) is 8.10. The van der Waals surface area contributed by atoms with Gasteiger partial charge in [0, 0.05) is 45.1 Å². The zero-order valence-electron chi connectivity index (χ0n) is 14.1. The lowest BCUT2D eigenvalue weighted by Crippen LogP contribution is -2.44. The van der Waals surface area contributed by atoms with Crippen LogP contribution in [-0.4, -0.2) is 39.9 Å². The maximum Gasteiger partial charge on any atom is 0.323 e. The van der Waals surface area contributed by atoms with Gasteiger partial charge in [0.2, 0.25) is 0 Å². The van der Waals surface area contributed by atoms with Crippen LogP contribution in [0, 0.1) is 18.6 Å². The number of likely N-dealkylation sites (tertiary alicyclic amines) is 1. The lowest BCUT2D eigenvalue weighted by molar-refractivity contribution is 0.111. The number of hydrogen-bond donors (Lipinski definition) is 1. The number of ether oxygens (including phenoxy) is 1. The van der Waals surface area contributed by atoms with Crippen LogP contribution >= 0.6 is 0 Å². The van der Waals surface area contributed by atoms with Gasteiger partial charge in [-0.25, -0.2) is 13.6 Å². The van der Waals surface area contributed by atoms with Crippen molar-refractivity contribution in [2.24, 2.45) is 7.05 Å². The molecule has 2 aromatic rings. The molecule has 1 fully saturated rings. The molecule has 0 unspecified atom stereocenters. The second-order valence-corrected chi connectivity index (χ2v) is 6.10. The predicted molar refractivity (Wildman–Crippen MR) is 88.5 cm³/mol. The van der Waals surface area contributed by atoms with Crippen LogP contribution < -0.4 is 10.1 Å². The summed E-state index contributed by atoms with van der Waals surface area (Å²) in [6, 6.07) is 4.85. The van der Waals surface area contributed by atoms with Crippen LogP contribution in [-0.2, 0) is 7.05 Å². The van der Waals surface area contributed by atoms with Crippen molar-refractivity contribution in [3.63, 3.8) is 0 Å². The van der Waals surface area contributed by atoms with E-state index in [1.165, 1.54) is 6.07 Å². The Morgan fingerprint density at radius 2 is 2.00 bits per heavy atom. The third-order valence-electron chi connectivity index (χ3n) is 4.15. The number of halogens is 2. The van der Waals surface area contributed by atoms with E-state index in [-0.39, 0.29) is 17.9 Å². The summed E-state index contributed by atoms with van der Waals surface area (Å²) < 4.78 is 33.8. The topological polar surface area (TPSA) is 59.4 Å². The van der Waals surface area contributed by atoms with Gasteiger partial charge in [-0.2, -0.15) is 5.10 Å². The minimum Gasteiger partial charge on any atom is -0.487 e. The van der Waals surface area contributed by atoms with Crippen LogP contribution in [0.1, 0.15) is 18.5 Å². The zero-order valence-corrected chi connectivity index (χ0v) is 14.1. The van der Waals surface area contributed by atoms with Gasteiger partial charge in [0.05, 0.1) is 5.69 Å². The third-order valence-corrected chi connectivity index (χ3v) is 4.15. The Morgan fingerprint density at radius 1 is 1.28 bits per heavy atom. The van der Waals surface area contributed by atoms with Crippen molar-refractivity contribution < 1.29 is 18.3 Å². The van der Waals surface area contributed by atoms with Gasteiger partial charge < -0.3 is 9.64 Å².